The Balaban J connectivity index is 0.00000280. The highest BCUT2D eigenvalue weighted by Gasteiger charge is 2.10. The Hall–Kier alpha value is -1.39. The Morgan fingerprint density at radius 2 is 1.89 bits per heavy atom. The molecule has 0 radical (unpaired) electrons. The normalized spacial score (nSPS) is 14.5. The number of nitrogens with one attached hydrogen (secondary N) is 2. The van der Waals surface area contributed by atoms with Gasteiger partial charge in [-0.1, -0.05) is 12.1 Å². The highest BCUT2D eigenvalue weighted by atomic mass is 127. The molecule has 3 rings (SSSR count). The van der Waals surface area contributed by atoms with Crippen LogP contribution in [-0.2, 0) is 17.8 Å². The minimum absolute atomic E-state index is 0. The van der Waals surface area contributed by atoms with Crippen LogP contribution in [0.2, 0.25) is 0 Å². The highest BCUT2D eigenvalue weighted by Crippen LogP contribution is 2.17. The lowest BCUT2D eigenvalue weighted by molar-refractivity contribution is 0.122. The summed E-state index contributed by atoms with van der Waals surface area (Å²) in [5.74, 6) is 0.820. The maximum atomic E-state index is 5.42. The molecule has 0 atom stereocenters. The summed E-state index contributed by atoms with van der Waals surface area (Å²) in [4.78, 5) is 12.9. The van der Waals surface area contributed by atoms with Crippen molar-refractivity contribution < 1.29 is 4.74 Å². The summed E-state index contributed by atoms with van der Waals surface area (Å²) in [6.07, 6.45) is 0. The predicted octanol–water partition coefficient (Wildman–Crippen LogP) is 3.47. The van der Waals surface area contributed by atoms with Crippen LogP contribution in [0.25, 0.3) is 0 Å². The van der Waals surface area contributed by atoms with E-state index in [2.05, 4.69) is 65.6 Å². The molecule has 2 heterocycles. The first-order valence-electron chi connectivity index (χ1n) is 9.52. The number of thiazole rings is 1. The number of rotatable bonds is 6. The van der Waals surface area contributed by atoms with Gasteiger partial charge in [-0.2, -0.15) is 0 Å². The Morgan fingerprint density at radius 3 is 2.50 bits per heavy atom. The fourth-order valence-corrected chi connectivity index (χ4v) is 3.79. The number of hydrogen-bond donors (Lipinski definition) is 2. The minimum atomic E-state index is 0. The molecule has 0 aliphatic carbocycles. The molecule has 0 amide bonds. The lowest BCUT2D eigenvalue weighted by atomic mass is 10.2. The van der Waals surface area contributed by atoms with E-state index in [-0.39, 0.29) is 24.0 Å². The third-order valence-corrected chi connectivity index (χ3v) is 5.63. The fourth-order valence-electron chi connectivity index (χ4n) is 2.92. The van der Waals surface area contributed by atoms with Crippen LogP contribution in [0.4, 0.5) is 5.69 Å². The van der Waals surface area contributed by atoms with Crippen LogP contribution in [0, 0.1) is 13.8 Å². The number of aryl methyl sites for hydroxylation is 2. The number of anilines is 1. The molecule has 1 aliphatic rings. The number of nitrogens with zero attached hydrogens (tertiary/aromatic N) is 3. The first-order valence-corrected chi connectivity index (χ1v) is 10.3. The van der Waals surface area contributed by atoms with E-state index in [1.807, 2.05) is 0 Å². The Morgan fingerprint density at radius 1 is 1.18 bits per heavy atom. The largest absolute Gasteiger partial charge is 0.378 e. The number of halogens is 1. The maximum absolute atomic E-state index is 5.42. The summed E-state index contributed by atoms with van der Waals surface area (Å²) in [5, 5.41) is 7.77. The van der Waals surface area contributed by atoms with Gasteiger partial charge in [-0.15, -0.1) is 35.3 Å². The van der Waals surface area contributed by atoms with Crippen molar-refractivity contribution in [3.63, 3.8) is 0 Å². The minimum Gasteiger partial charge on any atom is -0.378 e. The average Bonchev–Trinajstić information content (AvgIpc) is 3.03. The van der Waals surface area contributed by atoms with Crippen LogP contribution in [0.1, 0.15) is 28.1 Å². The van der Waals surface area contributed by atoms with E-state index in [0.29, 0.717) is 13.1 Å². The average molecular weight is 515 g/mol. The molecule has 1 aliphatic heterocycles. The zero-order chi connectivity index (χ0) is 19.1. The van der Waals surface area contributed by atoms with Crippen LogP contribution in [-0.4, -0.2) is 43.8 Å². The van der Waals surface area contributed by atoms with Gasteiger partial charge in [0.25, 0.3) is 0 Å². The molecule has 1 fully saturated rings. The quantitative estimate of drug-likeness (QED) is 0.351. The van der Waals surface area contributed by atoms with Crippen molar-refractivity contribution in [2.45, 2.75) is 33.9 Å². The lowest BCUT2D eigenvalue weighted by Gasteiger charge is -2.28. The second kappa shape index (κ2) is 11.6. The molecule has 0 saturated carbocycles. The van der Waals surface area contributed by atoms with E-state index in [0.717, 1.165) is 49.5 Å². The number of guanidine groups is 1. The van der Waals surface area contributed by atoms with Crippen LogP contribution < -0.4 is 15.5 Å². The van der Waals surface area contributed by atoms with Crippen molar-refractivity contribution in [1.82, 2.24) is 15.6 Å². The Bertz CT molecular complexity index is 737. The third kappa shape index (κ3) is 6.59. The molecule has 1 saturated heterocycles. The second-order valence-corrected chi connectivity index (χ2v) is 7.85. The SMILES string of the molecule is CCNC(=NCc1ccc(N2CCOCC2)cc1)NCc1nc(C)c(C)s1.I. The molecule has 0 spiro atoms. The van der Waals surface area contributed by atoms with Crippen molar-refractivity contribution in [1.29, 1.82) is 0 Å². The molecule has 1 aromatic carbocycles. The first-order chi connectivity index (χ1) is 13.2. The van der Waals surface area contributed by atoms with Crippen LogP contribution in [0.15, 0.2) is 29.3 Å². The van der Waals surface area contributed by atoms with Gasteiger partial charge >= 0.3 is 0 Å². The number of aromatic nitrogens is 1. The number of hydrogen-bond acceptors (Lipinski definition) is 5. The van der Waals surface area contributed by atoms with Crippen molar-refractivity contribution in [2.75, 3.05) is 37.7 Å². The van der Waals surface area contributed by atoms with Crippen molar-refractivity contribution >= 4 is 47.0 Å². The summed E-state index contributed by atoms with van der Waals surface area (Å²) < 4.78 is 5.42. The van der Waals surface area contributed by atoms with Gasteiger partial charge in [0, 0.05) is 30.2 Å². The Labute approximate surface area is 188 Å². The fraction of sp³-hybridized carbons (Fsp3) is 0.500. The van der Waals surface area contributed by atoms with Crippen LogP contribution >= 0.6 is 35.3 Å². The molecular formula is C20H30IN5OS. The topological polar surface area (TPSA) is 61.8 Å². The third-order valence-electron chi connectivity index (χ3n) is 4.56. The maximum Gasteiger partial charge on any atom is 0.191 e. The van der Waals surface area contributed by atoms with Crippen LogP contribution in [0.5, 0.6) is 0 Å². The van der Waals surface area contributed by atoms with E-state index in [1.165, 1.54) is 16.1 Å². The molecular weight excluding hydrogens is 485 g/mol. The molecule has 8 heteroatoms. The van der Waals surface area contributed by atoms with E-state index < -0.39 is 0 Å². The van der Waals surface area contributed by atoms with Gasteiger partial charge in [-0.3, -0.25) is 0 Å². The molecule has 0 bridgehead atoms. The summed E-state index contributed by atoms with van der Waals surface area (Å²) in [7, 11) is 0. The van der Waals surface area contributed by atoms with Crippen LogP contribution in [0.3, 0.4) is 0 Å². The molecule has 2 N–H and O–H groups in total. The first kappa shape index (κ1) is 22.9. The number of aliphatic imine (C=N–C) groups is 1. The molecule has 1 aromatic heterocycles. The van der Waals surface area contributed by atoms with E-state index in [1.54, 1.807) is 11.3 Å². The van der Waals surface area contributed by atoms with Crippen molar-refractivity contribution in [3.05, 3.63) is 45.4 Å². The summed E-state index contributed by atoms with van der Waals surface area (Å²) >= 11 is 1.73. The monoisotopic (exact) mass is 515 g/mol. The number of benzene rings is 1. The molecule has 28 heavy (non-hydrogen) atoms. The van der Waals surface area contributed by atoms with Crippen molar-refractivity contribution in [2.24, 2.45) is 4.99 Å². The molecule has 2 aromatic rings. The van der Waals surface area contributed by atoms with Gasteiger partial charge < -0.3 is 20.3 Å². The highest BCUT2D eigenvalue weighted by molar-refractivity contribution is 14.0. The van der Waals surface area contributed by atoms with Gasteiger partial charge in [0.05, 0.1) is 32.0 Å². The van der Waals surface area contributed by atoms with Gasteiger partial charge in [-0.25, -0.2) is 9.98 Å². The van der Waals surface area contributed by atoms with Gasteiger partial charge in [-0.05, 0) is 38.5 Å². The number of morpholine rings is 1. The summed E-state index contributed by atoms with van der Waals surface area (Å²) in [6, 6.07) is 8.67. The van der Waals surface area contributed by atoms with Gasteiger partial charge in [0.2, 0.25) is 0 Å². The van der Waals surface area contributed by atoms with E-state index in [4.69, 9.17) is 9.73 Å². The zero-order valence-electron chi connectivity index (χ0n) is 16.8. The van der Waals surface area contributed by atoms with Gasteiger partial charge in [0.15, 0.2) is 5.96 Å². The van der Waals surface area contributed by atoms with E-state index >= 15 is 0 Å². The molecule has 6 nitrogen and oxygen atoms in total. The molecule has 0 unspecified atom stereocenters. The predicted molar refractivity (Wildman–Crippen MR) is 128 cm³/mol. The zero-order valence-corrected chi connectivity index (χ0v) is 20.0. The van der Waals surface area contributed by atoms with Gasteiger partial charge in [0.1, 0.15) is 5.01 Å². The Kier molecular flexibility index (Phi) is 9.46. The molecule has 154 valence electrons. The second-order valence-electron chi connectivity index (χ2n) is 6.56. The smallest absolute Gasteiger partial charge is 0.191 e. The van der Waals surface area contributed by atoms with E-state index in [9.17, 15) is 0 Å². The lowest BCUT2D eigenvalue weighted by Crippen LogP contribution is -2.36. The van der Waals surface area contributed by atoms with Crippen molar-refractivity contribution in [3.8, 4) is 0 Å². The summed E-state index contributed by atoms with van der Waals surface area (Å²) in [5.41, 5.74) is 3.56. The summed E-state index contributed by atoms with van der Waals surface area (Å²) in [6.45, 7) is 11.9. The standard InChI is InChI=1S/C20H29N5OS.HI/c1-4-21-20(23-14-19-24-15(2)16(3)27-19)22-13-17-5-7-18(8-6-17)25-9-11-26-12-10-25;/h5-8H,4,9-14H2,1-3H3,(H2,21,22,23);1H. The number of ether oxygens (including phenoxy) is 1.